The van der Waals surface area contributed by atoms with Gasteiger partial charge in [-0.2, -0.15) is 0 Å². The lowest BCUT2D eigenvalue weighted by Crippen LogP contribution is -2.34. The summed E-state index contributed by atoms with van der Waals surface area (Å²) in [5.41, 5.74) is 3.01. The molecule has 0 spiro atoms. The minimum Gasteiger partial charge on any atom is -0.489 e. The molecule has 0 aliphatic carbocycles. The number of ether oxygens (including phenoxy) is 2. The molecule has 0 saturated heterocycles. The van der Waals surface area contributed by atoms with Crippen LogP contribution in [-0.4, -0.2) is 47.9 Å². The quantitative estimate of drug-likeness (QED) is 0.0365. The molecule has 2 amide bonds. The van der Waals surface area contributed by atoms with E-state index < -0.39 is 0 Å². The molecule has 0 saturated carbocycles. The van der Waals surface area contributed by atoms with Gasteiger partial charge in [-0.3, -0.25) is 9.59 Å². The fraction of sp³-hybridized carbons (Fsp3) is 0.676. The highest BCUT2D eigenvalue weighted by atomic mass is 32.1. The Balaban J connectivity index is 1.35. The third kappa shape index (κ3) is 18.3. The highest BCUT2D eigenvalue weighted by Crippen LogP contribution is 2.54. The summed E-state index contributed by atoms with van der Waals surface area (Å²) in [7, 11) is 0. The Hall–Kier alpha value is -3.44. The minimum absolute atomic E-state index is 0.0275. The number of hydrogen-bond acceptors (Lipinski definition) is 8. The fourth-order valence-electron chi connectivity index (χ4n) is 13.2. The number of aryl methyl sites for hydroxylation is 2. The molecule has 2 aliphatic rings. The standard InChI is InChI=1S/C74H112N2O4S4/c1-11-19-25-29-31-35-41-57(39-33-27-21-13-3)49-75-67(62-44-43-53(9)81-62)65-66(74(75)78)68(76(73(65)77)50-58(40-34-28-22-14-4)42-36-32-30-26-20-12-2)63-46-45-61(83-63)64-48-60-70(80-52-56(18-8)38-24-16-6)69(79-51-55(17-7)37-23-15-5)59-47-54(10)82-71(59)72(60)84-64/h43-48,55-58H,11-42,49-52H2,1-10H3. The number of fused-ring (bicyclic) bond motifs is 4. The van der Waals surface area contributed by atoms with E-state index >= 15 is 9.59 Å². The molecule has 0 bridgehead atoms. The summed E-state index contributed by atoms with van der Waals surface area (Å²) in [6.45, 7) is 25.4. The molecule has 4 unspecified atom stereocenters. The van der Waals surface area contributed by atoms with Crippen LogP contribution >= 0.6 is 45.3 Å². The Labute approximate surface area is 527 Å². The second kappa shape index (κ2) is 36.1. The third-order valence-corrected chi connectivity index (χ3v) is 23.1. The average molecular weight is 1220 g/mol. The molecule has 466 valence electrons. The van der Waals surface area contributed by atoms with Crippen LogP contribution in [-0.2, 0) is 9.59 Å². The van der Waals surface area contributed by atoms with E-state index in [1.165, 1.54) is 190 Å². The predicted molar refractivity (Wildman–Crippen MR) is 370 cm³/mol. The first kappa shape index (κ1) is 68.1. The average Bonchev–Trinajstić information content (AvgIpc) is 1.68. The van der Waals surface area contributed by atoms with E-state index in [0.717, 1.165) is 87.9 Å². The van der Waals surface area contributed by atoms with Crippen LogP contribution in [0.3, 0.4) is 0 Å². The molecule has 0 N–H and O–H groups in total. The smallest absolute Gasteiger partial charge is 0.261 e. The molecule has 0 fully saturated rings. The molecule has 5 aromatic rings. The summed E-state index contributed by atoms with van der Waals surface area (Å²) >= 11 is 7.22. The van der Waals surface area contributed by atoms with E-state index in [-0.39, 0.29) is 11.8 Å². The Morgan fingerprint density at radius 3 is 1.20 bits per heavy atom. The number of nitrogens with zero attached hydrogens (tertiary/aromatic N) is 2. The van der Waals surface area contributed by atoms with E-state index in [2.05, 4.69) is 115 Å². The molecule has 4 aromatic heterocycles. The lowest BCUT2D eigenvalue weighted by atomic mass is 9.93. The normalized spacial score (nSPS) is 15.3. The number of benzene rings is 1. The number of carbonyl (C=O) groups is 2. The zero-order valence-corrected chi connectivity index (χ0v) is 57.7. The number of amides is 2. The summed E-state index contributed by atoms with van der Waals surface area (Å²) in [6, 6.07) is 13.6. The summed E-state index contributed by atoms with van der Waals surface area (Å²) in [4.78, 5) is 43.2. The van der Waals surface area contributed by atoms with E-state index in [4.69, 9.17) is 9.47 Å². The van der Waals surface area contributed by atoms with Crippen molar-refractivity contribution in [1.29, 1.82) is 0 Å². The van der Waals surface area contributed by atoms with E-state index in [1.807, 2.05) is 22.7 Å². The van der Waals surface area contributed by atoms with Crippen LogP contribution in [0.15, 0.2) is 47.5 Å². The number of rotatable bonds is 45. The van der Waals surface area contributed by atoms with Crippen molar-refractivity contribution in [3.63, 3.8) is 0 Å². The van der Waals surface area contributed by atoms with Crippen molar-refractivity contribution in [2.45, 2.75) is 275 Å². The molecule has 2 aliphatic heterocycles. The summed E-state index contributed by atoms with van der Waals surface area (Å²) in [6.07, 6.45) is 38.6. The SMILES string of the molecule is CCCCCCCCC(CCCCCC)CN1C(=O)C2=C(c3ccc(-c4cc5c(OCC(CC)CCCC)c(OCC(CC)CCCC)c6cc(C)sc6c5s4)s3)N(CC(CCCCCC)CCCCCCCC)C(=O)C2=C1c1ccc(C)s1. The lowest BCUT2D eigenvalue weighted by molar-refractivity contribution is -0.124. The Morgan fingerprint density at radius 1 is 0.381 bits per heavy atom. The number of thiophene rings is 4. The van der Waals surface area contributed by atoms with Gasteiger partial charge in [-0.15, -0.1) is 45.3 Å². The van der Waals surface area contributed by atoms with Crippen LogP contribution in [0, 0.1) is 37.5 Å². The monoisotopic (exact) mass is 1220 g/mol. The maximum atomic E-state index is 16.0. The third-order valence-electron chi connectivity index (χ3n) is 18.5. The van der Waals surface area contributed by atoms with Crippen LogP contribution in [0.4, 0.5) is 0 Å². The van der Waals surface area contributed by atoms with Crippen LogP contribution in [0.25, 0.3) is 41.3 Å². The van der Waals surface area contributed by atoms with Crippen LogP contribution in [0.2, 0.25) is 0 Å². The van der Waals surface area contributed by atoms with Crippen molar-refractivity contribution >= 4 is 88.7 Å². The topological polar surface area (TPSA) is 59.1 Å². The molecule has 0 radical (unpaired) electrons. The minimum atomic E-state index is 0.0275. The zero-order valence-electron chi connectivity index (χ0n) is 54.4. The molecular weight excluding hydrogens is 1110 g/mol. The van der Waals surface area contributed by atoms with Crippen molar-refractivity contribution in [3.8, 4) is 21.3 Å². The van der Waals surface area contributed by atoms with Crippen molar-refractivity contribution in [1.82, 2.24) is 9.80 Å². The second-order valence-corrected chi connectivity index (χ2v) is 30.1. The van der Waals surface area contributed by atoms with Gasteiger partial charge in [0.15, 0.2) is 11.5 Å². The second-order valence-electron chi connectivity index (χ2n) is 25.5. The van der Waals surface area contributed by atoms with E-state index in [9.17, 15) is 0 Å². The lowest BCUT2D eigenvalue weighted by Gasteiger charge is -2.29. The van der Waals surface area contributed by atoms with Crippen molar-refractivity contribution < 1.29 is 19.1 Å². The van der Waals surface area contributed by atoms with Gasteiger partial charge in [0.25, 0.3) is 11.8 Å². The van der Waals surface area contributed by atoms with Crippen molar-refractivity contribution in [2.24, 2.45) is 23.7 Å². The molecular formula is C74H112N2O4S4. The first-order chi connectivity index (χ1) is 41.0. The maximum absolute atomic E-state index is 16.0. The van der Waals surface area contributed by atoms with Gasteiger partial charge < -0.3 is 19.3 Å². The van der Waals surface area contributed by atoms with Gasteiger partial charge in [0.1, 0.15) is 0 Å². The van der Waals surface area contributed by atoms with Gasteiger partial charge in [0.05, 0.1) is 54.9 Å². The largest absolute Gasteiger partial charge is 0.489 e. The summed E-state index contributed by atoms with van der Waals surface area (Å²) < 4.78 is 16.8. The van der Waals surface area contributed by atoms with Crippen LogP contribution in [0.1, 0.15) is 280 Å². The molecule has 7 rings (SSSR count). The highest BCUT2D eigenvalue weighted by molar-refractivity contribution is 7.30. The summed E-state index contributed by atoms with van der Waals surface area (Å²) in [5.74, 6) is 3.56. The van der Waals surface area contributed by atoms with Gasteiger partial charge in [-0.1, -0.05) is 222 Å². The van der Waals surface area contributed by atoms with Crippen molar-refractivity contribution in [3.05, 3.63) is 67.1 Å². The number of unbranched alkanes of at least 4 members (excludes halogenated alkanes) is 18. The number of hydrogen-bond donors (Lipinski definition) is 0. The van der Waals surface area contributed by atoms with Gasteiger partial charge in [-0.05, 0) is 112 Å². The molecule has 4 atom stereocenters. The van der Waals surface area contributed by atoms with E-state index in [1.54, 1.807) is 22.7 Å². The zero-order chi connectivity index (χ0) is 59.8. The number of carbonyl (C=O) groups excluding carboxylic acids is 2. The summed E-state index contributed by atoms with van der Waals surface area (Å²) in [5, 5.41) is 2.30. The Kier molecular flexibility index (Phi) is 29.3. The van der Waals surface area contributed by atoms with Gasteiger partial charge in [-0.25, -0.2) is 0 Å². The molecule has 6 heterocycles. The van der Waals surface area contributed by atoms with Crippen LogP contribution < -0.4 is 9.47 Å². The van der Waals surface area contributed by atoms with Gasteiger partial charge in [0.2, 0.25) is 0 Å². The highest BCUT2D eigenvalue weighted by Gasteiger charge is 2.50. The van der Waals surface area contributed by atoms with Crippen LogP contribution in [0.5, 0.6) is 11.5 Å². The van der Waals surface area contributed by atoms with E-state index in [0.29, 0.717) is 61.1 Å². The predicted octanol–water partition coefficient (Wildman–Crippen LogP) is 24.2. The Morgan fingerprint density at radius 2 is 0.762 bits per heavy atom. The fourth-order valence-corrected chi connectivity index (χ4v) is 17.6. The Bertz CT molecular complexity index is 2840. The van der Waals surface area contributed by atoms with Gasteiger partial charge >= 0.3 is 0 Å². The maximum Gasteiger partial charge on any atom is 0.261 e. The van der Waals surface area contributed by atoms with Crippen molar-refractivity contribution in [2.75, 3.05) is 26.3 Å². The van der Waals surface area contributed by atoms with Gasteiger partial charge in [0, 0.05) is 43.4 Å². The first-order valence-corrected chi connectivity index (χ1v) is 37.9. The molecule has 84 heavy (non-hydrogen) atoms. The molecule has 10 heteroatoms. The molecule has 6 nitrogen and oxygen atoms in total. The molecule has 1 aromatic carbocycles. The first-order valence-electron chi connectivity index (χ1n) is 34.6.